The number of aliphatic carboxylic acids is 1. The lowest BCUT2D eigenvalue weighted by Gasteiger charge is -2.49. The molecule has 0 unspecified atom stereocenters. The first-order valence-electron chi connectivity index (χ1n) is 13.3. The maximum atomic E-state index is 13.6. The van der Waals surface area contributed by atoms with Crippen LogP contribution in [0.5, 0.6) is 5.75 Å². The first-order valence-corrected chi connectivity index (χ1v) is 15.3. The highest BCUT2D eigenvalue weighted by Gasteiger charge is 2.54. The maximum absolute atomic E-state index is 13.6. The van der Waals surface area contributed by atoms with Crippen molar-refractivity contribution in [1.29, 1.82) is 0 Å². The fraction of sp³-hybridized carbons (Fsp3) is 0.400. The number of tetrazole rings is 1. The van der Waals surface area contributed by atoms with E-state index in [1.807, 2.05) is 0 Å². The van der Waals surface area contributed by atoms with Gasteiger partial charge in [0.1, 0.15) is 28.9 Å². The smallest absolute Gasteiger partial charge is 0.352 e. The normalized spacial score (nSPS) is 20.7. The number of hydrogen-bond acceptors (Lipinski definition) is 12. The number of β-lactam (4-membered cyclic amide) rings is 1. The zero-order valence-electron chi connectivity index (χ0n) is 23.4. The summed E-state index contributed by atoms with van der Waals surface area (Å²) in [6.07, 6.45) is 0. The van der Waals surface area contributed by atoms with Crippen LogP contribution < -0.4 is 10.6 Å². The number of phenols is 1. The van der Waals surface area contributed by atoms with E-state index in [-0.39, 0.29) is 41.6 Å². The van der Waals surface area contributed by atoms with Crippen molar-refractivity contribution in [3.8, 4) is 5.75 Å². The zero-order valence-corrected chi connectivity index (χ0v) is 25.0. The van der Waals surface area contributed by atoms with Crippen LogP contribution in [0.2, 0.25) is 0 Å². The molecule has 3 atom stereocenters. The molecule has 19 heteroatoms. The number of phenolic OH excluding ortho intramolecular Hbond substituents is 1. The van der Waals surface area contributed by atoms with Gasteiger partial charge < -0.3 is 25.7 Å². The number of imide groups is 1. The minimum atomic E-state index is -1.42. The van der Waals surface area contributed by atoms with Crippen LogP contribution in [0, 0.1) is 0 Å². The number of benzene rings is 1. The largest absolute Gasteiger partial charge is 0.508 e. The second-order valence-corrected chi connectivity index (χ2v) is 11.9. The molecular weight excluding hydrogens is 618 g/mol. The summed E-state index contributed by atoms with van der Waals surface area (Å²) >= 11 is 2.49. The molecule has 1 aromatic heterocycles. The van der Waals surface area contributed by atoms with Gasteiger partial charge in [-0.3, -0.25) is 29.0 Å². The number of aryl methyl sites for hydroxylation is 1. The minimum absolute atomic E-state index is 0.0823. The van der Waals surface area contributed by atoms with E-state index in [1.54, 1.807) is 14.0 Å². The molecule has 0 radical (unpaired) electrons. The van der Waals surface area contributed by atoms with Crippen molar-refractivity contribution >= 4 is 59.2 Å². The van der Waals surface area contributed by atoms with Crippen LogP contribution in [-0.4, -0.2) is 123 Å². The van der Waals surface area contributed by atoms with Gasteiger partial charge in [-0.2, -0.15) is 0 Å². The number of thioether (sulfide) groups is 2. The number of amides is 6. The lowest BCUT2D eigenvalue weighted by molar-refractivity contribution is -0.153. The number of piperazine rings is 1. The van der Waals surface area contributed by atoms with Gasteiger partial charge in [0.15, 0.2) is 0 Å². The van der Waals surface area contributed by atoms with Crippen molar-refractivity contribution in [3.63, 3.8) is 0 Å². The number of nitrogens with zero attached hydrogens (tertiary/aromatic N) is 7. The van der Waals surface area contributed by atoms with E-state index in [0.717, 1.165) is 4.90 Å². The molecule has 6 amide bonds. The Morgan fingerprint density at radius 2 is 1.86 bits per heavy atom. The second kappa shape index (κ2) is 12.5. The standard InChI is InChI=1S/C25H27N9O8S2/c1-3-32-8-9-33(21(39)20(32)38)24(42)27-15(12-4-6-14(35)7-5-12)18(36)26-16-19(37)34-17(23(40)41)13(10-43-22(16)34)11-44-25-28-29-30-31(25)2/h4-7,15-16,22,35H,3,8-11H2,1-2H3,(H,26,36)(H,27,42)(H,40,41)/t15-,16-,22+/m1/s1. The van der Waals surface area contributed by atoms with E-state index in [0.29, 0.717) is 22.2 Å². The molecular formula is C25H27N9O8S2. The summed E-state index contributed by atoms with van der Waals surface area (Å²) < 4.78 is 1.44. The number of carbonyl (C=O) groups is 6. The van der Waals surface area contributed by atoms with Crippen LogP contribution in [0.25, 0.3) is 0 Å². The summed E-state index contributed by atoms with van der Waals surface area (Å²) in [4.78, 5) is 80.1. The van der Waals surface area contributed by atoms with Crippen LogP contribution >= 0.6 is 23.5 Å². The highest BCUT2D eigenvalue weighted by Crippen LogP contribution is 2.41. The van der Waals surface area contributed by atoms with Gasteiger partial charge in [0.2, 0.25) is 11.1 Å². The van der Waals surface area contributed by atoms with Crippen molar-refractivity contribution in [2.24, 2.45) is 7.05 Å². The number of carbonyl (C=O) groups excluding carboxylic acids is 5. The maximum Gasteiger partial charge on any atom is 0.352 e. The van der Waals surface area contributed by atoms with Crippen molar-refractivity contribution in [1.82, 2.24) is 45.5 Å². The number of urea groups is 1. The van der Waals surface area contributed by atoms with Crippen LogP contribution in [0.3, 0.4) is 0 Å². The van der Waals surface area contributed by atoms with Crippen LogP contribution in [-0.2, 0) is 31.0 Å². The lowest BCUT2D eigenvalue weighted by Crippen LogP contribution is -2.71. The Bertz CT molecular complexity index is 1560. The Labute approximate surface area is 258 Å². The fourth-order valence-electron chi connectivity index (χ4n) is 4.86. The molecule has 4 N–H and O–H groups in total. The van der Waals surface area contributed by atoms with E-state index >= 15 is 0 Å². The van der Waals surface area contributed by atoms with Gasteiger partial charge in [-0.15, -0.1) is 16.9 Å². The SMILES string of the molecule is CCN1CCN(C(=O)N[C@@H](C(=O)N[C@@H]2C(=O)N3C(C(=O)O)=C(CSc4nnnn4C)CS[C@@H]23)c2ccc(O)cc2)C(=O)C1=O. The van der Waals surface area contributed by atoms with Crippen molar-refractivity contribution in [2.75, 3.05) is 31.1 Å². The number of likely N-dealkylation sites (N-methyl/N-ethyl adjacent to an activating group) is 1. The average molecular weight is 646 g/mol. The van der Waals surface area contributed by atoms with Crippen LogP contribution in [0.4, 0.5) is 4.79 Å². The third kappa shape index (κ3) is 5.79. The first-order chi connectivity index (χ1) is 21.0. The van der Waals surface area contributed by atoms with E-state index < -0.39 is 53.1 Å². The highest BCUT2D eigenvalue weighted by molar-refractivity contribution is 8.01. The lowest BCUT2D eigenvalue weighted by atomic mass is 10.0. The van der Waals surface area contributed by atoms with Crippen LogP contribution in [0.15, 0.2) is 40.7 Å². The molecule has 17 nitrogen and oxygen atoms in total. The number of nitrogens with one attached hydrogen (secondary N) is 2. The monoisotopic (exact) mass is 645 g/mol. The van der Waals surface area contributed by atoms with Gasteiger partial charge in [0, 0.05) is 38.2 Å². The Kier molecular flexibility index (Phi) is 8.77. The number of aromatic hydroxyl groups is 1. The number of carboxylic acids is 1. The zero-order chi connectivity index (χ0) is 31.7. The molecule has 0 aliphatic carbocycles. The Morgan fingerprint density at radius 3 is 2.50 bits per heavy atom. The van der Waals surface area contributed by atoms with E-state index in [4.69, 9.17) is 0 Å². The molecule has 4 heterocycles. The van der Waals surface area contributed by atoms with Gasteiger partial charge in [-0.05, 0) is 40.6 Å². The summed E-state index contributed by atoms with van der Waals surface area (Å²) in [7, 11) is 1.64. The Morgan fingerprint density at radius 1 is 1.14 bits per heavy atom. The predicted molar refractivity (Wildman–Crippen MR) is 153 cm³/mol. The summed E-state index contributed by atoms with van der Waals surface area (Å²) in [6.45, 7) is 2.04. The Balaban J connectivity index is 1.31. The Hall–Kier alpha value is -4.65. The molecule has 5 rings (SSSR count). The fourth-order valence-corrected chi connectivity index (χ4v) is 7.20. The van der Waals surface area contributed by atoms with Gasteiger partial charge in [-0.25, -0.2) is 14.3 Å². The molecule has 0 bridgehead atoms. The third-order valence-electron chi connectivity index (χ3n) is 7.20. The van der Waals surface area contributed by atoms with Gasteiger partial charge >= 0.3 is 23.8 Å². The van der Waals surface area contributed by atoms with E-state index in [9.17, 15) is 39.0 Å². The molecule has 3 aliphatic heterocycles. The minimum Gasteiger partial charge on any atom is -0.508 e. The summed E-state index contributed by atoms with van der Waals surface area (Å²) in [5.74, 6) is -4.26. The molecule has 1 aromatic carbocycles. The van der Waals surface area contributed by atoms with Gasteiger partial charge in [-0.1, -0.05) is 23.9 Å². The van der Waals surface area contributed by atoms with E-state index in [2.05, 4.69) is 26.2 Å². The highest BCUT2D eigenvalue weighted by atomic mass is 32.2. The van der Waals surface area contributed by atoms with Crippen molar-refractivity contribution in [2.45, 2.75) is 29.5 Å². The predicted octanol–water partition coefficient (Wildman–Crippen LogP) is -1.11. The molecule has 3 aliphatic rings. The summed E-state index contributed by atoms with van der Waals surface area (Å²) in [5, 5.41) is 35.6. The number of fused-ring (bicyclic) bond motifs is 1. The molecule has 2 fully saturated rings. The quantitative estimate of drug-likeness (QED) is 0.145. The van der Waals surface area contributed by atoms with Gasteiger partial charge in [0.25, 0.3) is 5.91 Å². The van der Waals surface area contributed by atoms with Crippen molar-refractivity contribution < 1.29 is 39.0 Å². The molecule has 0 spiro atoms. The third-order valence-corrected chi connectivity index (χ3v) is 9.63. The van der Waals surface area contributed by atoms with Gasteiger partial charge in [0.05, 0.1) is 0 Å². The van der Waals surface area contributed by atoms with E-state index in [1.165, 1.54) is 57.4 Å². The average Bonchev–Trinajstić information content (AvgIpc) is 3.42. The molecule has 2 saturated heterocycles. The molecule has 232 valence electrons. The number of hydrogen-bond donors (Lipinski definition) is 4. The summed E-state index contributed by atoms with van der Waals surface area (Å²) in [6, 6.07) is 1.84. The number of carboxylic acid groups (broad SMARTS) is 1. The van der Waals surface area contributed by atoms with Crippen molar-refractivity contribution in [3.05, 3.63) is 41.1 Å². The number of rotatable bonds is 9. The first kappa shape index (κ1) is 30.8. The molecule has 2 aromatic rings. The topological polar surface area (TPSA) is 220 Å². The summed E-state index contributed by atoms with van der Waals surface area (Å²) in [5.41, 5.74) is 0.536. The molecule has 44 heavy (non-hydrogen) atoms. The van der Waals surface area contributed by atoms with Crippen LogP contribution in [0.1, 0.15) is 18.5 Å². The molecule has 0 saturated carbocycles. The number of aromatic nitrogens is 4. The second-order valence-electron chi connectivity index (χ2n) is 9.84.